The maximum absolute atomic E-state index is 13.7. The number of halogens is 1. The van der Waals surface area contributed by atoms with Crippen LogP contribution in [0.1, 0.15) is 32.8 Å². The fourth-order valence-corrected chi connectivity index (χ4v) is 1.29. The summed E-state index contributed by atoms with van der Waals surface area (Å²) in [4.78, 5) is 11.9. The van der Waals surface area contributed by atoms with Crippen molar-refractivity contribution in [1.29, 1.82) is 0 Å². The van der Waals surface area contributed by atoms with E-state index in [1.54, 1.807) is 6.07 Å². The topological polar surface area (TPSA) is 49.3 Å². The Kier molecular flexibility index (Phi) is 5.08. The van der Waals surface area contributed by atoms with Crippen molar-refractivity contribution in [3.63, 3.8) is 0 Å². The summed E-state index contributed by atoms with van der Waals surface area (Å²) >= 11 is 0. The molecule has 1 aromatic carbocycles. The highest BCUT2D eigenvalue weighted by Gasteiger charge is 2.25. The molecule has 0 atom stereocenters. The predicted octanol–water partition coefficient (Wildman–Crippen LogP) is 2.54. The van der Waals surface area contributed by atoms with Gasteiger partial charge in [0.15, 0.2) is 0 Å². The van der Waals surface area contributed by atoms with Crippen LogP contribution in [0.25, 0.3) is 0 Å². The van der Waals surface area contributed by atoms with Crippen molar-refractivity contribution in [1.82, 2.24) is 0 Å². The van der Waals surface area contributed by atoms with E-state index < -0.39 is 11.2 Å². The third kappa shape index (κ3) is 4.08. The number of aliphatic hydroxyl groups is 1. The molecule has 1 rings (SSSR count). The molecule has 0 saturated heterocycles. The Morgan fingerprint density at radius 3 is 2.68 bits per heavy atom. The molecular formula is C15H18FNO2. The van der Waals surface area contributed by atoms with Crippen LogP contribution in [0.4, 0.5) is 10.1 Å². The number of carbonyl (C=O) groups is 1. The number of amides is 1. The van der Waals surface area contributed by atoms with Gasteiger partial charge in [-0.2, -0.15) is 0 Å². The fourth-order valence-electron chi connectivity index (χ4n) is 1.29. The average molecular weight is 263 g/mol. The molecule has 19 heavy (non-hydrogen) atoms. The van der Waals surface area contributed by atoms with Crippen LogP contribution in [0.15, 0.2) is 18.2 Å². The quantitative estimate of drug-likeness (QED) is 0.823. The number of aliphatic hydroxyl groups excluding tert-OH is 1. The summed E-state index contributed by atoms with van der Waals surface area (Å²) < 4.78 is 13.7. The van der Waals surface area contributed by atoms with E-state index >= 15 is 0 Å². The van der Waals surface area contributed by atoms with Crippen molar-refractivity contribution in [2.45, 2.75) is 27.2 Å². The van der Waals surface area contributed by atoms with Gasteiger partial charge in [0, 0.05) is 11.1 Å². The van der Waals surface area contributed by atoms with Crippen molar-refractivity contribution in [2.75, 3.05) is 11.9 Å². The van der Waals surface area contributed by atoms with E-state index in [1.807, 2.05) is 20.8 Å². The minimum absolute atomic E-state index is 0.149. The lowest BCUT2D eigenvalue weighted by Gasteiger charge is -2.21. The molecule has 1 aromatic rings. The number of nitrogens with one attached hydrogen (secondary N) is 1. The number of anilines is 1. The first-order valence-electron chi connectivity index (χ1n) is 6.11. The second-order valence-electron chi connectivity index (χ2n) is 4.85. The molecule has 4 heteroatoms. The smallest absolute Gasteiger partial charge is 0.230 e. The van der Waals surface area contributed by atoms with E-state index in [-0.39, 0.29) is 18.1 Å². The van der Waals surface area contributed by atoms with Gasteiger partial charge in [-0.3, -0.25) is 4.79 Å². The van der Waals surface area contributed by atoms with Gasteiger partial charge in [-0.25, -0.2) is 4.39 Å². The van der Waals surface area contributed by atoms with Crippen molar-refractivity contribution in [3.8, 4) is 11.8 Å². The zero-order valence-corrected chi connectivity index (χ0v) is 11.4. The second-order valence-corrected chi connectivity index (χ2v) is 4.85. The summed E-state index contributed by atoms with van der Waals surface area (Å²) in [5.74, 6) is 4.20. The Hall–Kier alpha value is -1.86. The minimum atomic E-state index is -0.520. The van der Waals surface area contributed by atoms with Crippen molar-refractivity contribution in [2.24, 2.45) is 5.41 Å². The third-order valence-corrected chi connectivity index (χ3v) is 3.03. The molecule has 102 valence electrons. The fraction of sp³-hybridized carbons (Fsp3) is 0.400. The molecule has 0 aliphatic heterocycles. The molecule has 0 heterocycles. The van der Waals surface area contributed by atoms with E-state index in [1.165, 1.54) is 12.1 Å². The lowest BCUT2D eigenvalue weighted by molar-refractivity contribution is -0.124. The highest BCUT2D eigenvalue weighted by Crippen LogP contribution is 2.23. The first-order chi connectivity index (χ1) is 8.90. The number of hydrogen-bond donors (Lipinski definition) is 2. The van der Waals surface area contributed by atoms with Crippen LogP contribution in [-0.4, -0.2) is 17.6 Å². The van der Waals surface area contributed by atoms with Crippen molar-refractivity contribution >= 4 is 11.6 Å². The van der Waals surface area contributed by atoms with Gasteiger partial charge in [0.25, 0.3) is 0 Å². The molecule has 0 unspecified atom stereocenters. The first-order valence-corrected chi connectivity index (χ1v) is 6.11. The molecule has 0 saturated carbocycles. The van der Waals surface area contributed by atoms with E-state index in [2.05, 4.69) is 17.2 Å². The molecular weight excluding hydrogens is 245 g/mol. The highest BCUT2D eigenvalue weighted by molar-refractivity contribution is 5.94. The van der Waals surface area contributed by atoms with Crippen LogP contribution >= 0.6 is 0 Å². The lowest BCUT2D eigenvalue weighted by atomic mass is 9.89. The number of benzene rings is 1. The molecule has 0 fully saturated rings. The van der Waals surface area contributed by atoms with E-state index in [4.69, 9.17) is 5.11 Å². The van der Waals surface area contributed by atoms with Gasteiger partial charge in [-0.1, -0.05) is 32.6 Å². The largest absolute Gasteiger partial charge is 0.384 e. The number of carbonyl (C=O) groups excluding carboxylic acids is 1. The summed E-state index contributed by atoms with van der Waals surface area (Å²) in [7, 11) is 0. The summed E-state index contributed by atoms with van der Waals surface area (Å²) in [5, 5.41) is 11.2. The van der Waals surface area contributed by atoms with Crippen LogP contribution < -0.4 is 5.32 Å². The Balaban J connectivity index is 2.88. The SMILES string of the molecule is CCC(C)(C)C(=O)Nc1ccc(C#CCO)c(F)c1. The molecule has 2 N–H and O–H groups in total. The summed E-state index contributed by atoms with van der Waals surface area (Å²) in [6, 6.07) is 4.30. The van der Waals surface area contributed by atoms with Gasteiger partial charge >= 0.3 is 0 Å². The van der Waals surface area contributed by atoms with E-state index in [0.717, 1.165) is 0 Å². The van der Waals surface area contributed by atoms with E-state index in [0.29, 0.717) is 12.1 Å². The van der Waals surface area contributed by atoms with Gasteiger partial charge in [-0.05, 0) is 24.6 Å². The van der Waals surface area contributed by atoms with Gasteiger partial charge in [0.05, 0.1) is 5.56 Å². The lowest BCUT2D eigenvalue weighted by Crippen LogP contribution is -2.30. The van der Waals surface area contributed by atoms with Crippen LogP contribution in [0.3, 0.4) is 0 Å². The number of rotatable bonds is 3. The van der Waals surface area contributed by atoms with Crippen LogP contribution in [-0.2, 0) is 4.79 Å². The Bertz CT molecular complexity index is 527. The van der Waals surface area contributed by atoms with Crippen molar-refractivity contribution < 1.29 is 14.3 Å². The molecule has 0 spiro atoms. The molecule has 0 bridgehead atoms. The highest BCUT2D eigenvalue weighted by atomic mass is 19.1. The zero-order chi connectivity index (χ0) is 14.5. The molecule has 0 aliphatic carbocycles. The average Bonchev–Trinajstić information content (AvgIpc) is 2.37. The van der Waals surface area contributed by atoms with Crippen molar-refractivity contribution in [3.05, 3.63) is 29.6 Å². The van der Waals surface area contributed by atoms with Gasteiger partial charge < -0.3 is 10.4 Å². The van der Waals surface area contributed by atoms with E-state index in [9.17, 15) is 9.18 Å². The zero-order valence-electron chi connectivity index (χ0n) is 11.4. The Morgan fingerprint density at radius 2 is 2.16 bits per heavy atom. The summed E-state index contributed by atoms with van der Waals surface area (Å²) in [6.45, 7) is 5.27. The molecule has 0 aliphatic rings. The Labute approximate surface area is 112 Å². The number of hydrogen-bond acceptors (Lipinski definition) is 2. The second kappa shape index (κ2) is 6.35. The molecule has 0 aromatic heterocycles. The van der Waals surface area contributed by atoms with Gasteiger partial charge in [0.1, 0.15) is 12.4 Å². The minimum Gasteiger partial charge on any atom is -0.384 e. The molecule has 0 radical (unpaired) electrons. The monoisotopic (exact) mass is 263 g/mol. The van der Waals surface area contributed by atoms with Crippen LogP contribution in [0, 0.1) is 23.1 Å². The van der Waals surface area contributed by atoms with Gasteiger partial charge in [-0.15, -0.1) is 0 Å². The maximum Gasteiger partial charge on any atom is 0.230 e. The van der Waals surface area contributed by atoms with Crippen LogP contribution in [0.2, 0.25) is 0 Å². The Morgan fingerprint density at radius 1 is 1.47 bits per heavy atom. The third-order valence-electron chi connectivity index (χ3n) is 3.03. The molecule has 3 nitrogen and oxygen atoms in total. The summed E-state index contributed by atoms with van der Waals surface area (Å²) in [6.07, 6.45) is 0.696. The predicted molar refractivity (Wildman–Crippen MR) is 73.1 cm³/mol. The molecule has 1 amide bonds. The standard InChI is InChI=1S/C15H18FNO2/c1-4-15(2,3)14(19)17-12-8-7-11(6-5-9-18)13(16)10-12/h7-8,10,18H,4,9H2,1-3H3,(H,17,19). The maximum atomic E-state index is 13.7. The first kappa shape index (κ1) is 15.2. The van der Waals surface area contributed by atoms with Gasteiger partial charge in [0.2, 0.25) is 5.91 Å². The summed E-state index contributed by atoms with van der Waals surface area (Å²) in [5.41, 5.74) is 0.103. The van der Waals surface area contributed by atoms with Crippen LogP contribution in [0.5, 0.6) is 0 Å². The normalized spacial score (nSPS) is 10.6.